The zero-order valence-corrected chi connectivity index (χ0v) is 18.0. The van der Waals surface area contributed by atoms with Crippen LogP contribution in [0, 0.1) is 0 Å². The molecule has 0 bridgehead atoms. The van der Waals surface area contributed by atoms with E-state index in [-0.39, 0.29) is 10.6 Å². The minimum atomic E-state index is -3.61. The van der Waals surface area contributed by atoms with Crippen molar-refractivity contribution < 1.29 is 18.6 Å². The standard InChI is InChI=1S/C24H24N2O4S/c1-2-26-22-17-20(31(29,30)16-15-27)13-14-21(22)25-23(26)24(28,18-9-5-3-6-10-18)19-11-7-4-8-12-19/h3-14,17,27-28H,2,15-16H2,1H3. The molecule has 7 heteroatoms. The minimum absolute atomic E-state index is 0.123. The van der Waals surface area contributed by atoms with Crippen LogP contribution in [-0.4, -0.2) is 40.5 Å². The lowest BCUT2D eigenvalue weighted by atomic mass is 9.85. The molecule has 0 spiro atoms. The van der Waals surface area contributed by atoms with Gasteiger partial charge in [-0.15, -0.1) is 0 Å². The first-order chi connectivity index (χ1) is 14.9. The molecule has 3 aromatic carbocycles. The zero-order valence-electron chi connectivity index (χ0n) is 17.1. The number of aliphatic hydroxyl groups is 2. The molecule has 0 aliphatic rings. The summed E-state index contributed by atoms with van der Waals surface area (Å²) in [6.45, 7) is 1.97. The van der Waals surface area contributed by atoms with Gasteiger partial charge in [0.15, 0.2) is 21.3 Å². The van der Waals surface area contributed by atoms with Gasteiger partial charge in [0.05, 0.1) is 28.3 Å². The molecular weight excluding hydrogens is 412 g/mol. The summed E-state index contributed by atoms with van der Waals surface area (Å²) in [5, 5.41) is 21.2. The third-order valence-corrected chi connectivity index (χ3v) is 7.15. The number of rotatable bonds is 7. The number of benzene rings is 3. The Bertz CT molecular complexity index is 1260. The normalized spacial score (nSPS) is 12.4. The minimum Gasteiger partial charge on any atom is -0.395 e. The highest BCUT2D eigenvalue weighted by molar-refractivity contribution is 7.91. The van der Waals surface area contributed by atoms with Crippen LogP contribution in [0.2, 0.25) is 0 Å². The van der Waals surface area contributed by atoms with Gasteiger partial charge in [-0.2, -0.15) is 0 Å². The maximum atomic E-state index is 12.5. The first-order valence-electron chi connectivity index (χ1n) is 10.1. The van der Waals surface area contributed by atoms with Crippen molar-refractivity contribution in [3.8, 4) is 0 Å². The van der Waals surface area contributed by atoms with Crippen LogP contribution in [0.4, 0.5) is 0 Å². The van der Waals surface area contributed by atoms with Gasteiger partial charge in [0.2, 0.25) is 0 Å². The largest absolute Gasteiger partial charge is 0.395 e. The Kier molecular flexibility index (Phi) is 5.66. The van der Waals surface area contributed by atoms with Crippen LogP contribution < -0.4 is 0 Å². The lowest BCUT2D eigenvalue weighted by Gasteiger charge is -2.29. The molecule has 0 aliphatic carbocycles. The highest BCUT2D eigenvalue weighted by Crippen LogP contribution is 2.38. The van der Waals surface area contributed by atoms with E-state index >= 15 is 0 Å². The van der Waals surface area contributed by atoms with Crippen molar-refractivity contribution in [1.82, 2.24) is 9.55 Å². The second-order valence-electron chi connectivity index (χ2n) is 7.32. The summed E-state index contributed by atoms with van der Waals surface area (Å²) in [4.78, 5) is 4.87. The van der Waals surface area contributed by atoms with Crippen molar-refractivity contribution in [2.45, 2.75) is 24.0 Å². The molecule has 2 N–H and O–H groups in total. The zero-order chi connectivity index (χ0) is 22.1. The summed E-state index contributed by atoms with van der Waals surface area (Å²) in [7, 11) is -3.61. The first kappa shape index (κ1) is 21.2. The van der Waals surface area contributed by atoms with Crippen LogP contribution in [0.25, 0.3) is 11.0 Å². The third-order valence-electron chi connectivity index (χ3n) is 5.46. The summed E-state index contributed by atoms with van der Waals surface area (Å²) >= 11 is 0. The number of hydrogen-bond donors (Lipinski definition) is 2. The Labute approximate surface area is 181 Å². The topological polar surface area (TPSA) is 92.4 Å². The summed E-state index contributed by atoms with van der Waals surface area (Å²) < 4.78 is 26.8. The van der Waals surface area contributed by atoms with E-state index in [1.807, 2.05) is 72.2 Å². The Morgan fingerprint density at radius 3 is 2.03 bits per heavy atom. The number of hydrogen-bond acceptors (Lipinski definition) is 5. The lowest BCUT2D eigenvalue weighted by Crippen LogP contribution is -2.32. The van der Waals surface area contributed by atoms with Crippen LogP contribution in [0.3, 0.4) is 0 Å². The number of aliphatic hydroxyl groups excluding tert-OH is 1. The molecule has 1 aromatic heterocycles. The molecule has 0 saturated heterocycles. The second kappa shape index (κ2) is 8.26. The van der Waals surface area contributed by atoms with Crippen molar-refractivity contribution in [3.05, 3.63) is 95.8 Å². The summed E-state index contributed by atoms with van der Waals surface area (Å²) in [5.74, 6) is 0.0722. The average molecular weight is 437 g/mol. The highest BCUT2D eigenvalue weighted by Gasteiger charge is 2.38. The molecule has 0 aliphatic heterocycles. The molecule has 0 radical (unpaired) electrons. The molecule has 4 aromatic rings. The highest BCUT2D eigenvalue weighted by atomic mass is 32.2. The van der Waals surface area contributed by atoms with Crippen molar-refractivity contribution in [2.24, 2.45) is 0 Å². The van der Waals surface area contributed by atoms with E-state index in [1.165, 1.54) is 6.07 Å². The number of nitrogens with zero attached hydrogens (tertiary/aromatic N) is 2. The van der Waals surface area contributed by atoms with E-state index < -0.39 is 22.0 Å². The van der Waals surface area contributed by atoms with Crippen LogP contribution in [0.15, 0.2) is 83.8 Å². The molecule has 4 rings (SSSR count). The smallest absolute Gasteiger partial charge is 0.180 e. The second-order valence-corrected chi connectivity index (χ2v) is 9.42. The molecule has 160 valence electrons. The van der Waals surface area contributed by atoms with Gasteiger partial charge in [0.1, 0.15) is 0 Å². The number of imidazole rings is 1. The predicted molar refractivity (Wildman–Crippen MR) is 120 cm³/mol. The maximum Gasteiger partial charge on any atom is 0.180 e. The Morgan fingerprint density at radius 1 is 0.935 bits per heavy atom. The Balaban J connectivity index is 2.00. The maximum absolute atomic E-state index is 12.5. The molecule has 0 fully saturated rings. The van der Waals surface area contributed by atoms with Gasteiger partial charge in [0, 0.05) is 6.54 Å². The van der Waals surface area contributed by atoms with E-state index in [0.717, 1.165) is 0 Å². The Morgan fingerprint density at radius 2 is 1.52 bits per heavy atom. The SMILES string of the molecule is CCn1c(C(O)(c2ccccc2)c2ccccc2)nc2ccc(S(=O)(=O)CCO)cc21. The van der Waals surface area contributed by atoms with E-state index in [9.17, 15) is 13.5 Å². The molecule has 6 nitrogen and oxygen atoms in total. The summed E-state index contributed by atoms with van der Waals surface area (Å²) in [6.07, 6.45) is 0. The Hall–Kier alpha value is -3.00. The lowest BCUT2D eigenvalue weighted by molar-refractivity contribution is 0.112. The monoisotopic (exact) mass is 436 g/mol. The molecule has 0 atom stereocenters. The molecule has 0 unspecified atom stereocenters. The van der Waals surface area contributed by atoms with E-state index in [0.29, 0.717) is 34.5 Å². The van der Waals surface area contributed by atoms with Gasteiger partial charge in [-0.25, -0.2) is 13.4 Å². The quantitative estimate of drug-likeness (QED) is 0.464. The van der Waals surface area contributed by atoms with Crippen molar-refractivity contribution >= 4 is 20.9 Å². The van der Waals surface area contributed by atoms with Crippen molar-refractivity contribution in [1.29, 1.82) is 0 Å². The molecular formula is C24H24N2O4S. The fourth-order valence-electron chi connectivity index (χ4n) is 3.91. The van der Waals surface area contributed by atoms with Gasteiger partial charge in [-0.1, -0.05) is 60.7 Å². The number of fused-ring (bicyclic) bond motifs is 1. The van der Waals surface area contributed by atoms with Gasteiger partial charge in [-0.05, 0) is 36.2 Å². The average Bonchev–Trinajstić information content (AvgIpc) is 3.18. The molecule has 31 heavy (non-hydrogen) atoms. The van der Waals surface area contributed by atoms with Gasteiger partial charge in [-0.3, -0.25) is 0 Å². The van der Waals surface area contributed by atoms with Gasteiger partial charge < -0.3 is 14.8 Å². The summed E-state index contributed by atoms with van der Waals surface area (Å²) in [6, 6.07) is 23.3. The van der Waals surface area contributed by atoms with Crippen LogP contribution in [-0.2, 0) is 22.0 Å². The molecule has 0 saturated carbocycles. The number of sulfone groups is 1. The molecule has 1 heterocycles. The van der Waals surface area contributed by atoms with E-state index in [4.69, 9.17) is 10.1 Å². The third kappa shape index (κ3) is 3.65. The van der Waals surface area contributed by atoms with E-state index in [2.05, 4.69) is 0 Å². The van der Waals surface area contributed by atoms with Crippen LogP contribution >= 0.6 is 0 Å². The van der Waals surface area contributed by atoms with Crippen molar-refractivity contribution in [2.75, 3.05) is 12.4 Å². The van der Waals surface area contributed by atoms with Crippen LogP contribution in [0.5, 0.6) is 0 Å². The summed E-state index contributed by atoms with van der Waals surface area (Å²) in [5.41, 5.74) is 1.01. The van der Waals surface area contributed by atoms with E-state index in [1.54, 1.807) is 12.1 Å². The van der Waals surface area contributed by atoms with Gasteiger partial charge in [0.25, 0.3) is 0 Å². The first-order valence-corrected chi connectivity index (χ1v) is 11.7. The molecule has 0 amide bonds. The fourth-order valence-corrected chi connectivity index (χ4v) is 4.96. The number of aromatic nitrogens is 2. The van der Waals surface area contributed by atoms with Crippen LogP contribution in [0.1, 0.15) is 23.9 Å². The van der Waals surface area contributed by atoms with Gasteiger partial charge >= 0.3 is 0 Å². The number of aryl methyl sites for hydroxylation is 1. The predicted octanol–water partition coefficient (Wildman–Crippen LogP) is 3.11. The van der Waals surface area contributed by atoms with Crippen molar-refractivity contribution in [3.63, 3.8) is 0 Å². The fraction of sp³-hybridized carbons (Fsp3) is 0.208.